The number of nitrogens with zero attached hydrogens (tertiary/aromatic N) is 6. The maximum atomic E-state index is 17.3. The van der Waals surface area contributed by atoms with Crippen LogP contribution in [0.4, 0.5) is 15.0 Å². The molecule has 4 aliphatic rings. The number of fused-ring (bicyclic) bond motifs is 5. The number of hydrogen-bond donors (Lipinski definition) is 0. The van der Waals surface area contributed by atoms with E-state index in [1.165, 1.54) is 12.7 Å². The van der Waals surface area contributed by atoms with Crippen LogP contribution >= 0.6 is 0 Å². The molecule has 4 fully saturated rings. The minimum Gasteiger partial charge on any atom is -0.468 e. The normalized spacial score (nSPS) is 22.8. The van der Waals surface area contributed by atoms with E-state index < -0.39 is 11.4 Å². The molecule has 0 aliphatic carbocycles. The average Bonchev–Trinajstić information content (AvgIpc) is 3.75. The van der Waals surface area contributed by atoms with Crippen molar-refractivity contribution in [3.05, 3.63) is 60.1 Å². The molecule has 4 aromatic rings. The Hall–Kier alpha value is -4.99. The summed E-state index contributed by atoms with van der Waals surface area (Å²) in [5.41, 5.74) is 1.63. The number of hydrogen-bond acceptors (Lipinski definition) is 10. The Morgan fingerprint density at radius 1 is 1.15 bits per heavy atom. The summed E-state index contributed by atoms with van der Waals surface area (Å²) in [6.45, 7) is 13.1. The van der Waals surface area contributed by atoms with Gasteiger partial charge in [-0.25, -0.2) is 9.18 Å². The first-order chi connectivity index (χ1) is 25.5. The van der Waals surface area contributed by atoms with Gasteiger partial charge < -0.3 is 23.8 Å². The summed E-state index contributed by atoms with van der Waals surface area (Å²) in [7, 11) is 1.54. The Balaban J connectivity index is 1.23. The lowest BCUT2D eigenvalue weighted by molar-refractivity contribution is 0.0122. The van der Waals surface area contributed by atoms with Crippen LogP contribution < -0.4 is 14.4 Å². The number of carbonyl (C=O) groups is 1. The largest absolute Gasteiger partial charge is 0.468 e. The van der Waals surface area contributed by atoms with Crippen LogP contribution in [-0.4, -0.2) is 101 Å². The van der Waals surface area contributed by atoms with Crippen molar-refractivity contribution in [1.82, 2.24) is 24.8 Å². The van der Waals surface area contributed by atoms with Gasteiger partial charge in [0.1, 0.15) is 35.0 Å². The summed E-state index contributed by atoms with van der Waals surface area (Å²) >= 11 is 0. The average molecular weight is 721 g/mol. The van der Waals surface area contributed by atoms with Gasteiger partial charge in [-0.1, -0.05) is 30.2 Å². The topological polar surface area (TPSA) is 102 Å². The molecule has 0 N–H and O–H groups in total. The molecule has 2 aromatic carbocycles. The smallest absolute Gasteiger partial charge is 0.410 e. The lowest BCUT2D eigenvalue weighted by Gasteiger charge is -2.42. The zero-order valence-corrected chi connectivity index (χ0v) is 30.8. The number of aromatic nitrogens is 3. The molecule has 2 bridgehead atoms. The summed E-state index contributed by atoms with van der Waals surface area (Å²) in [5.74, 6) is 3.12. The van der Waals surface area contributed by atoms with Crippen molar-refractivity contribution < 1.29 is 28.1 Å². The summed E-state index contributed by atoms with van der Waals surface area (Å²) in [5, 5.41) is 1.90. The second kappa shape index (κ2) is 13.5. The van der Waals surface area contributed by atoms with Gasteiger partial charge in [-0.3, -0.25) is 14.8 Å². The van der Waals surface area contributed by atoms with E-state index in [4.69, 9.17) is 40.3 Å². The predicted octanol–water partition coefficient (Wildman–Crippen LogP) is 6.71. The van der Waals surface area contributed by atoms with E-state index in [2.05, 4.69) is 22.3 Å². The SMILES string of the molecule is C#Cc1cccc2cc(OCOC)cc(-c3ncc4c(N5C[C@H]6CC[C@@H](C5)N6C(=O)OC(C)(C)C)nc(OCC56CCCN5CC(=C)C6)nc4c3F)c12. The van der Waals surface area contributed by atoms with Crippen molar-refractivity contribution in [1.29, 1.82) is 0 Å². The third-order valence-corrected chi connectivity index (χ3v) is 10.9. The molecule has 1 amide bonds. The Kier molecular flexibility index (Phi) is 8.90. The van der Waals surface area contributed by atoms with E-state index in [0.717, 1.165) is 50.6 Å². The molecular weight excluding hydrogens is 675 g/mol. The highest BCUT2D eigenvalue weighted by molar-refractivity contribution is 6.03. The van der Waals surface area contributed by atoms with Gasteiger partial charge in [0, 0.05) is 49.5 Å². The summed E-state index contributed by atoms with van der Waals surface area (Å²) in [4.78, 5) is 34.1. The summed E-state index contributed by atoms with van der Waals surface area (Å²) in [6.07, 6.45) is 11.8. The van der Waals surface area contributed by atoms with Crippen LogP contribution in [0.15, 0.2) is 48.7 Å². The second-order valence-corrected chi connectivity index (χ2v) is 15.7. The Morgan fingerprint density at radius 2 is 1.94 bits per heavy atom. The first kappa shape index (κ1) is 35.1. The Labute approximate surface area is 309 Å². The lowest BCUT2D eigenvalue weighted by atomic mass is 9.94. The molecule has 1 unspecified atom stereocenters. The van der Waals surface area contributed by atoms with Crippen LogP contribution in [0, 0.1) is 18.2 Å². The van der Waals surface area contributed by atoms with Crippen LogP contribution in [0.3, 0.4) is 0 Å². The summed E-state index contributed by atoms with van der Waals surface area (Å²) < 4.78 is 40.5. The molecule has 6 heterocycles. The van der Waals surface area contributed by atoms with Crippen LogP contribution in [0.5, 0.6) is 11.8 Å². The van der Waals surface area contributed by atoms with Gasteiger partial charge in [0.2, 0.25) is 0 Å². The molecule has 4 saturated heterocycles. The second-order valence-electron chi connectivity index (χ2n) is 15.7. The maximum absolute atomic E-state index is 17.3. The highest BCUT2D eigenvalue weighted by Crippen LogP contribution is 2.43. The first-order valence-electron chi connectivity index (χ1n) is 18.3. The highest BCUT2D eigenvalue weighted by Gasteiger charge is 2.47. The van der Waals surface area contributed by atoms with Crippen LogP contribution in [0.25, 0.3) is 32.9 Å². The van der Waals surface area contributed by atoms with Gasteiger partial charge in [0.05, 0.1) is 23.0 Å². The van der Waals surface area contributed by atoms with Gasteiger partial charge >= 0.3 is 12.1 Å². The molecule has 0 saturated carbocycles. The van der Waals surface area contributed by atoms with Crippen LogP contribution in [0.2, 0.25) is 0 Å². The fourth-order valence-electron chi connectivity index (χ4n) is 8.77. The molecule has 2 aromatic heterocycles. The fourth-order valence-corrected chi connectivity index (χ4v) is 8.77. The van der Waals surface area contributed by atoms with Gasteiger partial charge in [-0.05, 0) is 83.0 Å². The fraction of sp³-hybridized carbons (Fsp3) is 0.463. The molecule has 12 heteroatoms. The van der Waals surface area contributed by atoms with Crippen LogP contribution in [-0.2, 0) is 9.47 Å². The standard InChI is InChI=1S/C41H45FN6O5/c1-7-26-10-8-11-27-16-30(52-24-50-6)17-31(33(26)27)35-34(42)36-32(19-43-35)37(45-38(44-36)51-23-41-14-9-15-47(41)20-25(2)18-41)46-21-28-12-13-29(22-46)48(28)39(49)53-40(3,4)5/h1,8,10-11,16-17,19,28-29H,2,9,12-15,18,20-24H2,3-6H3/t28-,29+,41?. The number of methoxy groups -OCH3 is 1. The van der Waals surface area contributed by atoms with Gasteiger partial charge in [0.15, 0.2) is 12.6 Å². The Morgan fingerprint density at radius 3 is 2.68 bits per heavy atom. The minimum atomic E-state index is -0.627. The van der Waals surface area contributed by atoms with Crippen molar-refractivity contribution in [2.75, 3.05) is 51.6 Å². The highest BCUT2D eigenvalue weighted by atomic mass is 19.1. The number of pyridine rings is 1. The number of anilines is 1. The number of rotatable bonds is 8. The minimum absolute atomic E-state index is 0.0140. The molecule has 4 aliphatic heterocycles. The van der Waals surface area contributed by atoms with Crippen molar-refractivity contribution >= 4 is 33.6 Å². The van der Waals surface area contributed by atoms with E-state index >= 15 is 4.39 Å². The van der Waals surface area contributed by atoms with E-state index in [1.54, 1.807) is 12.3 Å². The molecule has 276 valence electrons. The number of ether oxygens (including phenoxy) is 4. The van der Waals surface area contributed by atoms with E-state index in [0.29, 0.717) is 53.2 Å². The summed E-state index contributed by atoms with van der Waals surface area (Å²) in [6, 6.07) is 9.07. The quantitative estimate of drug-likeness (QED) is 0.111. The number of amides is 1. The predicted molar refractivity (Wildman–Crippen MR) is 201 cm³/mol. The number of piperazine rings is 1. The molecule has 53 heavy (non-hydrogen) atoms. The molecular formula is C41H45FN6O5. The number of terminal acetylenes is 1. The number of benzene rings is 2. The van der Waals surface area contributed by atoms with Gasteiger partial charge in [-0.15, -0.1) is 6.42 Å². The van der Waals surface area contributed by atoms with E-state index in [9.17, 15) is 4.79 Å². The third-order valence-electron chi connectivity index (χ3n) is 10.9. The molecule has 3 atom stereocenters. The van der Waals surface area contributed by atoms with E-state index in [1.807, 2.05) is 49.9 Å². The first-order valence-corrected chi connectivity index (χ1v) is 18.3. The van der Waals surface area contributed by atoms with Crippen molar-refractivity contribution in [3.8, 4) is 35.4 Å². The molecule has 0 spiro atoms. The number of halogens is 1. The maximum Gasteiger partial charge on any atom is 0.410 e. The van der Waals surface area contributed by atoms with Gasteiger partial charge in [-0.2, -0.15) is 9.97 Å². The number of carbonyl (C=O) groups excluding carboxylic acids is 1. The zero-order chi connectivity index (χ0) is 37.1. The Bertz CT molecular complexity index is 2150. The third kappa shape index (κ3) is 6.40. The van der Waals surface area contributed by atoms with Crippen molar-refractivity contribution in [2.45, 2.75) is 76.1 Å². The lowest BCUT2D eigenvalue weighted by Crippen LogP contribution is -2.57. The zero-order valence-electron chi connectivity index (χ0n) is 30.8. The molecule has 11 nitrogen and oxygen atoms in total. The molecule has 0 radical (unpaired) electrons. The molecule has 8 rings (SSSR count). The van der Waals surface area contributed by atoms with Crippen LogP contribution in [0.1, 0.15) is 58.4 Å². The van der Waals surface area contributed by atoms with Crippen molar-refractivity contribution in [3.63, 3.8) is 0 Å². The monoisotopic (exact) mass is 720 g/mol. The van der Waals surface area contributed by atoms with E-state index in [-0.39, 0.29) is 47.7 Å². The van der Waals surface area contributed by atoms with Crippen molar-refractivity contribution in [2.24, 2.45) is 0 Å². The van der Waals surface area contributed by atoms with Gasteiger partial charge in [0.25, 0.3) is 0 Å².